The zero-order chi connectivity index (χ0) is 14.1. The van der Waals surface area contributed by atoms with E-state index in [9.17, 15) is 4.79 Å². The Morgan fingerprint density at radius 2 is 1.78 bits per heavy atom. The smallest absolute Gasteiger partial charge is 0.239 e. The largest absolute Gasteiger partial charge is 0.343 e. The van der Waals surface area contributed by atoms with E-state index in [4.69, 9.17) is 0 Å². The van der Waals surface area contributed by atoms with Gasteiger partial charge in [-0.05, 0) is 40.5 Å². The molecule has 1 amide bonds. The Labute approximate surface area is 113 Å². The summed E-state index contributed by atoms with van der Waals surface area (Å²) in [6, 6.07) is 0.122. The van der Waals surface area contributed by atoms with Crippen LogP contribution < -0.4 is 0 Å². The topological polar surface area (TPSA) is 26.8 Å². The first kappa shape index (κ1) is 17.4. The van der Waals surface area contributed by atoms with Gasteiger partial charge in [-0.2, -0.15) is 0 Å². The summed E-state index contributed by atoms with van der Waals surface area (Å²) in [7, 11) is 7.99. The highest BCUT2D eigenvalue weighted by Gasteiger charge is 2.29. The zero-order valence-electron chi connectivity index (χ0n) is 13.1. The molecule has 108 valence electrons. The van der Waals surface area contributed by atoms with Gasteiger partial charge in [-0.25, -0.2) is 0 Å². The lowest BCUT2D eigenvalue weighted by Crippen LogP contribution is -2.44. The van der Waals surface area contributed by atoms with Crippen LogP contribution in [-0.2, 0) is 4.79 Å². The van der Waals surface area contributed by atoms with Crippen molar-refractivity contribution in [2.24, 2.45) is 0 Å². The summed E-state index contributed by atoms with van der Waals surface area (Å²) >= 11 is 0. The fourth-order valence-corrected chi connectivity index (χ4v) is 1.94. The molecule has 1 fully saturated rings. The molecular weight excluding hydrogens is 226 g/mol. The number of carbonyl (C=O) groups is 1. The fourth-order valence-electron chi connectivity index (χ4n) is 1.94. The van der Waals surface area contributed by atoms with E-state index in [1.54, 1.807) is 0 Å². The third-order valence-corrected chi connectivity index (χ3v) is 3.06. The van der Waals surface area contributed by atoms with Crippen LogP contribution in [0.5, 0.6) is 0 Å². The molecule has 0 radical (unpaired) electrons. The third-order valence-electron chi connectivity index (χ3n) is 3.06. The predicted octanol–water partition coefficient (Wildman–Crippen LogP) is 1.52. The summed E-state index contributed by atoms with van der Waals surface area (Å²) in [5.74, 6) is 0.275. The average Bonchev–Trinajstić information content (AvgIpc) is 2.72. The molecule has 1 aliphatic heterocycles. The van der Waals surface area contributed by atoms with Crippen LogP contribution in [0.25, 0.3) is 0 Å². The van der Waals surface area contributed by atoms with Crippen molar-refractivity contribution < 1.29 is 4.79 Å². The minimum absolute atomic E-state index is 0.122. The van der Waals surface area contributed by atoms with Crippen LogP contribution in [0.2, 0.25) is 0 Å². The van der Waals surface area contributed by atoms with E-state index < -0.39 is 0 Å². The zero-order valence-corrected chi connectivity index (χ0v) is 13.1. The quantitative estimate of drug-likeness (QED) is 0.764. The SMILES string of the molecule is CCC.CN(C)CCN(C)C(=O)[C@H]1CCCN1C. The summed E-state index contributed by atoms with van der Waals surface area (Å²) < 4.78 is 0. The highest BCUT2D eigenvalue weighted by Crippen LogP contribution is 2.16. The number of carbonyl (C=O) groups excluding carboxylic acids is 1. The number of hydrogen-bond donors (Lipinski definition) is 0. The summed E-state index contributed by atoms with van der Waals surface area (Å²) in [6.45, 7) is 7.05. The molecule has 1 heterocycles. The fraction of sp³-hybridized carbons (Fsp3) is 0.929. The van der Waals surface area contributed by atoms with Crippen LogP contribution in [0.1, 0.15) is 33.1 Å². The van der Waals surface area contributed by atoms with Gasteiger partial charge in [0, 0.05) is 20.1 Å². The van der Waals surface area contributed by atoms with Gasteiger partial charge in [0.2, 0.25) is 5.91 Å². The minimum Gasteiger partial charge on any atom is -0.343 e. The second kappa shape index (κ2) is 9.34. The van der Waals surface area contributed by atoms with E-state index in [1.165, 1.54) is 6.42 Å². The van der Waals surface area contributed by atoms with Gasteiger partial charge in [0.1, 0.15) is 0 Å². The van der Waals surface area contributed by atoms with Crippen LogP contribution >= 0.6 is 0 Å². The van der Waals surface area contributed by atoms with Crippen LogP contribution in [-0.4, -0.2) is 74.5 Å². The summed E-state index contributed by atoms with van der Waals surface area (Å²) in [4.78, 5) is 18.1. The maximum atomic E-state index is 12.0. The Morgan fingerprint density at radius 3 is 2.17 bits per heavy atom. The van der Waals surface area contributed by atoms with E-state index in [0.29, 0.717) is 0 Å². The van der Waals surface area contributed by atoms with Crippen LogP contribution in [0, 0.1) is 0 Å². The van der Waals surface area contributed by atoms with Gasteiger partial charge in [-0.1, -0.05) is 20.3 Å². The maximum absolute atomic E-state index is 12.0. The molecule has 1 aliphatic rings. The molecule has 0 spiro atoms. The van der Waals surface area contributed by atoms with Gasteiger partial charge in [0.25, 0.3) is 0 Å². The first-order valence-electron chi connectivity index (χ1n) is 7.03. The Bertz CT molecular complexity index is 231. The number of likely N-dealkylation sites (tertiary alicyclic amines) is 1. The molecule has 4 nitrogen and oxygen atoms in total. The molecule has 18 heavy (non-hydrogen) atoms. The van der Waals surface area contributed by atoms with E-state index in [2.05, 4.69) is 23.6 Å². The highest BCUT2D eigenvalue weighted by atomic mass is 16.2. The first-order chi connectivity index (χ1) is 8.43. The normalized spacial score (nSPS) is 19.6. The van der Waals surface area contributed by atoms with Crippen molar-refractivity contribution in [1.82, 2.24) is 14.7 Å². The highest BCUT2D eigenvalue weighted by molar-refractivity contribution is 5.81. The number of likely N-dealkylation sites (N-methyl/N-ethyl adjacent to an activating group) is 3. The Kier molecular flexibility index (Phi) is 9.02. The number of hydrogen-bond acceptors (Lipinski definition) is 3. The van der Waals surface area contributed by atoms with Gasteiger partial charge in [0.05, 0.1) is 6.04 Å². The van der Waals surface area contributed by atoms with Crippen molar-refractivity contribution in [2.45, 2.75) is 39.2 Å². The van der Waals surface area contributed by atoms with Gasteiger partial charge in [-0.15, -0.1) is 0 Å². The first-order valence-corrected chi connectivity index (χ1v) is 7.03. The van der Waals surface area contributed by atoms with E-state index >= 15 is 0 Å². The molecule has 1 atom stereocenters. The number of nitrogens with zero attached hydrogens (tertiary/aromatic N) is 3. The van der Waals surface area contributed by atoms with E-state index in [-0.39, 0.29) is 11.9 Å². The molecule has 0 aromatic rings. The second-order valence-electron chi connectivity index (χ2n) is 5.41. The van der Waals surface area contributed by atoms with Crippen molar-refractivity contribution in [3.05, 3.63) is 0 Å². The van der Waals surface area contributed by atoms with E-state index in [0.717, 1.165) is 32.5 Å². The maximum Gasteiger partial charge on any atom is 0.239 e. The number of amides is 1. The molecule has 0 N–H and O–H groups in total. The molecule has 4 heteroatoms. The van der Waals surface area contributed by atoms with E-state index in [1.807, 2.05) is 33.1 Å². The predicted molar refractivity (Wildman–Crippen MR) is 77.8 cm³/mol. The third kappa shape index (κ3) is 6.36. The lowest BCUT2D eigenvalue weighted by molar-refractivity contribution is -0.134. The Hall–Kier alpha value is -0.610. The molecule has 1 rings (SSSR count). The molecule has 0 saturated carbocycles. The Balaban J connectivity index is 0.000000873. The second-order valence-corrected chi connectivity index (χ2v) is 5.41. The van der Waals surface area contributed by atoms with Crippen molar-refractivity contribution in [3.8, 4) is 0 Å². The number of rotatable bonds is 4. The standard InChI is InChI=1S/C11H23N3O.C3H8/c1-12(2)8-9-14(4)11(15)10-6-5-7-13(10)3;1-3-2/h10H,5-9H2,1-4H3;3H2,1-2H3/t10-;/m1./s1. The van der Waals surface area contributed by atoms with Gasteiger partial charge < -0.3 is 9.80 Å². The average molecular weight is 257 g/mol. The summed E-state index contributed by atoms with van der Waals surface area (Å²) in [5, 5.41) is 0. The van der Waals surface area contributed by atoms with Gasteiger partial charge in [-0.3, -0.25) is 9.69 Å². The molecule has 0 unspecified atom stereocenters. The van der Waals surface area contributed by atoms with Crippen molar-refractivity contribution in [1.29, 1.82) is 0 Å². The minimum atomic E-state index is 0.122. The molecule has 0 aliphatic carbocycles. The van der Waals surface area contributed by atoms with Gasteiger partial charge >= 0.3 is 0 Å². The lowest BCUT2D eigenvalue weighted by atomic mass is 10.2. The van der Waals surface area contributed by atoms with Gasteiger partial charge in [0.15, 0.2) is 0 Å². The van der Waals surface area contributed by atoms with Crippen LogP contribution in [0.15, 0.2) is 0 Å². The van der Waals surface area contributed by atoms with Crippen molar-refractivity contribution >= 4 is 5.91 Å². The summed E-state index contributed by atoms with van der Waals surface area (Å²) in [5.41, 5.74) is 0. The molecule has 0 aromatic heterocycles. The molecular formula is C14H31N3O. The lowest BCUT2D eigenvalue weighted by Gasteiger charge is -2.26. The van der Waals surface area contributed by atoms with Crippen molar-refractivity contribution in [3.63, 3.8) is 0 Å². The van der Waals surface area contributed by atoms with Crippen LogP contribution in [0.3, 0.4) is 0 Å². The molecule has 0 aromatic carbocycles. The monoisotopic (exact) mass is 257 g/mol. The molecule has 0 bridgehead atoms. The summed E-state index contributed by atoms with van der Waals surface area (Å²) in [6.07, 6.45) is 3.41. The van der Waals surface area contributed by atoms with Crippen molar-refractivity contribution in [2.75, 3.05) is 47.8 Å². The molecule has 1 saturated heterocycles. The Morgan fingerprint density at radius 1 is 1.22 bits per heavy atom. The van der Waals surface area contributed by atoms with Crippen LogP contribution in [0.4, 0.5) is 0 Å².